The summed E-state index contributed by atoms with van der Waals surface area (Å²) in [5, 5.41) is 2.33. The van der Waals surface area contributed by atoms with Crippen LogP contribution in [0.1, 0.15) is 5.56 Å². The summed E-state index contributed by atoms with van der Waals surface area (Å²) in [4.78, 5) is 28.9. The van der Waals surface area contributed by atoms with Crippen LogP contribution in [0, 0.1) is 5.82 Å². The standard InChI is InChI=1S/C21H21F4N3O2S/c22-15-5-7-16(8-6-15)31-14-20(30)28-11-9-27(10-12-28)13-19(29)26-18-4-2-1-3-17(18)21(23,24)25/h1-8H,9-14H2,(H,26,29). The summed E-state index contributed by atoms with van der Waals surface area (Å²) in [7, 11) is 0. The largest absolute Gasteiger partial charge is 0.418 e. The zero-order valence-electron chi connectivity index (χ0n) is 16.5. The molecule has 31 heavy (non-hydrogen) atoms. The van der Waals surface area contributed by atoms with Gasteiger partial charge in [0.05, 0.1) is 23.5 Å². The van der Waals surface area contributed by atoms with Crippen molar-refractivity contribution in [2.75, 3.05) is 43.8 Å². The number of para-hydroxylation sites is 1. The Balaban J connectivity index is 1.44. The lowest BCUT2D eigenvalue weighted by atomic mass is 10.1. The van der Waals surface area contributed by atoms with Crippen LogP contribution >= 0.6 is 11.8 Å². The van der Waals surface area contributed by atoms with Crippen LogP contribution in [0.2, 0.25) is 0 Å². The molecule has 10 heteroatoms. The number of piperazine rings is 1. The van der Waals surface area contributed by atoms with Crippen LogP contribution in [0.15, 0.2) is 53.4 Å². The predicted molar refractivity (Wildman–Crippen MR) is 110 cm³/mol. The fraction of sp³-hybridized carbons (Fsp3) is 0.333. The van der Waals surface area contributed by atoms with Crippen molar-refractivity contribution < 1.29 is 27.2 Å². The van der Waals surface area contributed by atoms with Crippen LogP contribution < -0.4 is 5.32 Å². The number of carbonyl (C=O) groups excluding carboxylic acids is 2. The summed E-state index contributed by atoms with van der Waals surface area (Å²) >= 11 is 1.32. The molecule has 1 aliphatic rings. The van der Waals surface area contributed by atoms with Gasteiger partial charge in [0, 0.05) is 31.1 Å². The van der Waals surface area contributed by atoms with E-state index in [-0.39, 0.29) is 29.7 Å². The molecular weight excluding hydrogens is 434 g/mol. The molecular formula is C21H21F4N3O2S. The first-order chi connectivity index (χ1) is 14.7. The summed E-state index contributed by atoms with van der Waals surface area (Å²) in [5.74, 6) is -0.709. The molecule has 166 valence electrons. The van der Waals surface area contributed by atoms with Gasteiger partial charge in [-0.15, -0.1) is 11.8 Å². The van der Waals surface area contributed by atoms with Gasteiger partial charge in [0.1, 0.15) is 5.82 Å². The number of rotatable bonds is 6. The number of amides is 2. The molecule has 0 saturated carbocycles. The van der Waals surface area contributed by atoms with Crippen molar-refractivity contribution in [3.05, 3.63) is 59.9 Å². The maximum Gasteiger partial charge on any atom is 0.418 e. The molecule has 2 amide bonds. The van der Waals surface area contributed by atoms with Gasteiger partial charge in [0.2, 0.25) is 11.8 Å². The Morgan fingerprint density at radius 1 is 0.968 bits per heavy atom. The van der Waals surface area contributed by atoms with Crippen LogP contribution in [-0.4, -0.2) is 60.1 Å². The average molecular weight is 455 g/mol. The molecule has 2 aromatic rings. The van der Waals surface area contributed by atoms with Gasteiger partial charge in [-0.2, -0.15) is 13.2 Å². The molecule has 0 atom stereocenters. The second kappa shape index (κ2) is 10.1. The number of hydrogen-bond acceptors (Lipinski definition) is 4. The second-order valence-corrected chi connectivity index (χ2v) is 8.04. The number of alkyl halides is 3. The van der Waals surface area contributed by atoms with Crippen LogP contribution in [0.3, 0.4) is 0 Å². The van der Waals surface area contributed by atoms with Gasteiger partial charge in [0.15, 0.2) is 0 Å². The Bertz CT molecular complexity index is 914. The number of nitrogens with zero attached hydrogens (tertiary/aromatic N) is 2. The smallest absolute Gasteiger partial charge is 0.339 e. The summed E-state index contributed by atoms with van der Waals surface area (Å²) in [6.45, 7) is 1.69. The molecule has 3 rings (SSSR count). The van der Waals surface area contributed by atoms with Crippen molar-refractivity contribution in [2.24, 2.45) is 0 Å². The van der Waals surface area contributed by atoms with E-state index < -0.39 is 17.6 Å². The van der Waals surface area contributed by atoms with Crippen molar-refractivity contribution >= 4 is 29.3 Å². The molecule has 1 fully saturated rings. The van der Waals surface area contributed by atoms with Crippen molar-refractivity contribution in [3.8, 4) is 0 Å². The number of carbonyl (C=O) groups is 2. The van der Waals surface area contributed by atoms with Crippen molar-refractivity contribution in [1.29, 1.82) is 0 Å². The van der Waals surface area contributed by atoms with Gasteiger partial charge in [-0.05, 0) is 36.4 Å². The van der Waals surface area contributed by atoms with Crippen molar-refractivity contribution in [3.63, 3.8) is 0 Å². The van der Waals surface area contributed by atoms with E-state index in [1.54, 1.807) is 21.9 Å². The molecule has 2 aromatic carbocycles. The lowest BCUT2D eigenvalue weighted by Gasteiger charge is -2.34. The van der Waals surface area contributed by atoms with Crippen LogP contribution in [-0.2, 0) is 15.8 Å². The van der Waals surface area contributed by atoms with E-state index in [4.69, 9.17) is 0 Å². The lowest BCUT2D eigenvalue weighted by molar-refractivity contribution is -0.137. The monoisotopic (exact) mass is 455 g/mol. The maximum absolute atomic E-state index is 13.0. The minimum atomic E-state index is -4.55. The third-order valence-electron chi connectivity index (χ3n) is 4.77. The summed E-state index contributed by atoms with van der Waals surface area (Å²) < 4.78 is 52.1. The predicted octanol–water partition coefficient (Wildman–Crippen LogP) is 3.72. The van der Waals surface area contributed by atoms with Gasteiger partial charge in [-0.1, -0.05) is 12.1 Å². The highest BCUT2D eigenvalue weighted by molar-refractivity contribution is 8.00. The number of nitrogens with one attached hydrogen (secondary N) is 1. The van der Waals surface area contributed by atoms with Gasteiger partial charge < -0.3 is 10.2 Å². The number of hydrogen-bond donors (Lipinski definition) is 1. The van der Waals surface area contributed by atoms with Crippen LogP contribution in [0.4, 0.5) is 23.2 Å². The fourth-order valence-corrected chi connectivity index (χ4v) is 3.96. The topological polar surface area (TPSA) is 52.7 Å². The minimum Gasteiger partial charge on any atom is -0.339 e. The van der Waals surface area contributed by atoms with Gasteiger partial charge in [-0.25, -0.2) is 4.39 Å². The normalized spacial score (nSPS) is 15.0. The maximum atomic E-state index is 13.0. The minimum absolute atomic E-state index is 0.0570. The number of anilines is 1. The number of benzene rings is 2. The van der Waals surface area contributed by atoms with Crippen molar-refractivity contribution in [2.45, 2.75) is 11.1 Å². The fourth-order valence-electron chi connectivity index (χ4n) is 3.15. The molecule has 1 N–H and O–H groups in total. The van der Waals surface area contributed by atoms with Gasteiger partial charge in [-0.3, -0.25) is 14.5 Å². The molecule has 0 radical (unpaired) electrons. The summed E-state index contributed by atoms with van der Waals surface area (Å²) in [6.07, 6.45) is -4.55. The summed E-state index contributed by atoms with van der Waals surface area (Å²) in [5.41, 5.74) is -1.16. The highest BCUT2D eigenvalue weighted by Crippen LogP contribution is 2.34. The SMILES string of the molecule is O=C(CN1CCN(C(=O)CSc2ccc(F)cc2)CC1)Nc1ccccc1C(F)(F)F. The number of halogens is 4. The Hall–Kier alpha value is -2.59. The molecule has 0 bridgehead atoms. The van der Waals surface area contributed by atoms with Crippen molar-refractivity contribution in [1.82, 2.24) is 9.80 Å². The van der Waals surface area contributed by atoms with Gasteiger partial charge in [0.25, 0.3) is 0 Å². The third-order valence-corrected chi connectivity index (χ3v) is 5.77. The molecule has 0 spiro atoms. The highest BCUT2D eigenvalue weighted by atomic mass is 32.2. The first-order valence-electron chi connectivity index (χ1n) is 9.57. The molecule has 0 aromatic heterocycles. The highest BCUT2D eigenvalue weighted by Gasteiger charge is 2.33. The van der Waals surface area contributed by atoms with E-state index in [9.17, 15) is 27.2 Å². The van der Waals surface area contributed by atoms with E-state index in [0.29, 0.717) is 26.2 Å². The van der Waals surface area contributed by atoms with E-state index in [1.807, 2.05) is 0 Å². The Morgan fingerprint density at radius 2 is 1.61 bits per heavy atom. The Labute approximate surface area is 181 Å². The first kappa shape index (κ1) is 23.1. The Kier molecular flexibility index (Phi) is 7.55. The van der Waals surface area contributed by atoms with Crippen LogP contribution in [0.25, 0.3) is 0 Å². The quantitative estimate of drug-likeness (QED) is 0.533. The first-order valence-corrected chi connectivity index (χ1v) is 10.6. The van der Waals surface area contributed by atoms with E-state index in [0.717, 1.165) is 11.0 Å². The van der Waals surface area contributed by atoms with E-state index in [1.165, 1.54) is 42.1 Å². The third kappa shape index (κ3) is 6.70. The summed E-state index contributed by atoms with van der Waals surface area (Å²) in [6, 6.07) is 10.7. The molecule has 0 unspecified atom stereocenters. The van der Waals surface area contributed by atoms with E-state index >= 15 is 0 Å². The molecule has 5 nitrogen and oxygen atoms in total. The Morgan fingerprint density at radius 3 is 2.26 bits per heavy atom. The lowest BCUT2D eigenvalue weighted by Crippen LogP contribution is -2.50. The molecule has 0 aliphatic carbocycles. The molecule has 1 saturated heterocycles. The van der Waals surface area contributed by atoms with Gasteiger partial charge >= 0.3 is 6.18 Å². The number of thioether (sulfide) groups is 1. The average Bonchev–Trinajstić information content (AvgIpc) is 2.73. The zero-order chi connectivity index (χ0) is 22.4. The zero-order valence-corrected chi connectivity index (χ0v) is 17.3. The molecule has 1 aliphatic heterocycles. The van der Waals surface area contributed by atoms with E-state index in [2.05, 4.69) is 5.32 Å². The molecule has 1 heterocycles. The second-order valence-electron chi connectivity index (χ2n) is 6.99. The van der Waals surface area contributed by atoms with Crippen LogP contribution in [0.5, 0.6) is 0 Å².